The molecule has 22 heavy (non-hydrogen) atoms. The van der Waals surface area contributed by atoms with Crippen LogP contribution in [0.15, 0.2) is 30.4 Å². The van der Waals surface area contributed by atoms with E-state index in [4.69, 9.17) is 9.47 Å². The van der Waals surface area contributed by atoms with E-state index in [1.165, 1.54) is 12.0 Å². The van der Waals surface area contributed by atoms with Crippen molar-refractivity contribution in [3.8, 4) is 11.5 Å². The number of benzene rings is 1. The van der Waals surface area contributed by atoms with E-state index in [9.17, 15) is 9.59 Å². The van der Waals surface area contributed by atoms with Gasteiger partial charge in [0.1, 0.15) is 11.5 Å². The molecule has 0 aromatic heterocycles. The van der Waals surface area contributed by atoms with Gasteiger partial charge in [0.05, 0.1) is 31.7 Å². The third-order valence-corrected chi connectivity index (χ3v) is 5.10. The van der Waals surface area contributed by atoms with E-state index in [1.807, 2.05) is 0 Å². The van der Waals surface area contributed by atoms with Crippen LogP contribution in [0.5, 0.6) is 11.5 Å². The molecule has 5 heteroatoms. The van der Waals surface area contributed by atoms with Gasteiger partial charge in [-0.3, -0.25) is 9.59 Å². The molecular formula is C17H17NO4. The molecule has 0 N–H and O–H groups in total. The number of rotatable bonds is 3. The Balaban J connectivity index is 1.75. The number of carbonyl (C=O) groups is 2. The monoisotopic (exact) mass is 299 g/mol. The summed E-state index contributed by atoms with van der Waals surface area (Å²) >= 11 is 0. The van der Waals surface area contributed by atoms with Gasteiger partial charge >= 0.3 is 0 Å². The molecule has 1 saturated heterocycles. The van der Waals surface area contributed by atoms with Gasteiger partial charge in [0.15, 0.2) is 0 Å². The van der Waals surface area contributed by atoms with Gasteiger partial charge in [-0.05, 0) is 30.4 Å². The van der Waals surface area contributed by atoms with Crippen LogP contribution < -0.4 is 14.4 Å². The molecule has 2 amide bonds. The summed E-state index contributed by atoms with van der Waals surface area (Å²) in [5.41, 5.74) is 0.507. The number of allylic oxidation sites excluding steroid dienone is 2. The molecule has 2 bridgehead atoms. The van der Waals surface area contributed by atoms with E-state index in [0.29, 0.717) is 17.2 Å². The minimum atomic E-state index is -0.200. The number of hydrogen-bond donors (Lipinski definition) is 0. The first-order valence-corrected chi connectivity index (χ1v) is 7.44. The highest BCUT2D eigenvalue weighted by molar-refractivity contribution is 6.23. The van der Waals surface area contributed by atoms with Crippen LogP contribution in [-0.2, 0) is 9.59 Å². The van der Waals surface area contributed by atoms with Crippen LogP contribution in [0.25, 0.3) is 0 Å². The molecule has 2 fully saturated rings. The highest BCUT2D eigenvalue weighted by Crippen LogP contribution is 2.54. The van der Waals surface area contributed by atoms with Crippen molar-refractivity contribution < 1.29 is 19.1 Å². The lowest BCUT2D eigenvalue weighted by Gasteiger charge is -2.20. The Morgan fingerprint density at radius 1 is 1.00 bits per heavy atom. The second-order valence-electron chi connectivity index (χ2n) is 6.05. The van der Waals surface area contributed by atoms with E-state index < -0.39 is 0 Å². The Labute approximate surface area is 128 Å². The number of anilines is 1. The molecule has 1 saturated carbocycles. The lowest BCUT2D eigenvalue weighted by atomic mass is 9.85. The molecular weight excluding hydrogens is 282 g/mol. The first-order valence-electron chi connectivity index (χ1n) is 7.44. The molecule has 0 radical (unpaired) electrons. The summed E-state index contributed by atoms with van der Waals surface area (Å²) in [6.07, 6.45) is 5.11. The molecule has 0 unspecified atom stereocenters. The fraction of sp³-hybridized carbons (Fsp3) is 0.412. The molecule has 4 atom stereocenters. The predicted molar refractivity (Wildman–Crippen MR) is 79.8 cm³/mol. The highest BCUT2D eigenvalue weighted by Gasteiger charge is 2.59. The Morgan fingerprint density at radius 2 is 1.64 bits per heavy atom. The normalized spacial score (nSPS) is 31.8. The van der Waals surface area contributed by atoms with Gasteiger partial charge in [0.2, 0.25) is 11.8 Å². The maximum atomic E-state index is 12.8. The number of nitrogens with zero attached hydrogens (tertiary/aromatic N) is 1. The largest absolute Gasteiger partial charge is 0.497 e. The number of carbonyl (C=O) groups excluding carboxylic acids is 2. The Bertz CT molecular complexity index is 666. The lowest BCUT2D eigenvalue weighted by molar-refractivity contribution is -0.123. The lowest BCUT2D eigenvalue weighted by Crippen LogP contribution is -2.33. The number of fused-ring (bicyclic) bond motifs is 5. The van der Waals surface area contributed by atoms with Gasteiger partial charge in [-0.15, -0.1) is 0 Å². The second kappa shape index (κ2) is 4.60. The summed E-state index contributed by atoms with van der Waals surface area (Å²) in [7, 11) is 3.09. The van der Waals surface area contributed by atoms with Gasteiger partial charge in [-0.25, -0.2) is 4.90 Å². The summed E-state index contributed by atoms with van der Waals surface area (Å²) < 4.78 is 10.5. The van der Waals surface area contributed by atoms with Crippen molar-refractivity contribution in [2.45, 2.75) is 6.42 Å². The van der Waals surface area contributed by atoms with Crippen LogP contribution in [0.3, 0.4) is 0 Å². The van der Waals surface area contributed by atoms with Crippen molar-refractivity contribution >= 4 is 17.5 Å². The average Bonchev–Trinajstić information content (AvgIpc) is 3.21. The summed E-state index contributed by atoms with van der Waals surface area (Å²) in [4.78, 5) is 26.9. The number of amides is 2. The quantitative estimate of drug-likeness (QED) is 0.633. The molecule has 1 aromatic carbocycles. The van der Waals surface area contributed by atoms with Crippen LogP contribution >= 0.6 is 0 Å². The second-order valence-corrected chi connectivity index (χ2v) is 6.05. The van der Waals surface area contributed by atoms with Crippen molar-refractivity contribution in [1.82, 2.24) is 0 Å². The third kappa shape index (κ3) is 1.59. The Hall–Kier alpha value is -2.30. The minimum absolute atomic E-state index is 0.102. The maximum Gasteiger partial charge on any atom is 0.238 e. The first-order chi connectivity index (χ1) is 10.7. The number of methoxy groups -OCH3 is 2. The summed E-state index contributed by atoms with van der Waals surface area (Å²) in [6, 6.07) is 5.14. The molecule has 5 nitrogen and oxygen atoms in total. The van der Waals surface area contributed by atoms with E-state index in [2.05, 4.69) is 12.2 Å². The molecule has 114 valence electrons. The Kier molecular flexibility index (Phi) is 2.79. The molecule has 0 spiro atoms. The molecule has 3 aliphatic rings. The van der Waals surface area contributed by atoms with Gasteiger partial charge in [0.25, 0.3) is 0 Å². The number of ether oxygens (including phenoxy) is 2. The van der Waals surface area contributed by atoms with Gasteiger partial charge in [-0.1, -0.05) is 12.2 Å². The first kappa shape index (κ1) is 13.4. The van der Waals surface area contributed by atoms with Crippen molar-refractivity contribution in [3.05, 3.63) is 30.4 Å². The Morgan fingerprint density at radius 3 is 2.18 bits per heavy atom. The zero-order valence-corrected chi connectivity index (χ0v) is 12.5. The predicted octanol–water partition coefficient (Wildman–Crippen LogP) is 2.02. The number of imide groups is 1. The van der Waals surface area contributed by atoms with Crippen molar-refractivity contribution in [3.63, 3.8) is 0 Å². The fourth-order valence-corrected chi connectivity index (χ4v) is 4.11. The molecule has 1 aliphatic heterocycles. The van der Waals surface area contributed by atoms with E-state index in [1.54, 1.807) is 25.3 Å². The fourth-order valence-electron chi connectivity index (χ4n) is 4.11. The summed E-state index contributed by atoms with van der Waals surface area (Å²) in [5.74, 6) is 0.915. The minimum Gasteiger partial charge on any atom is -0.497 e. The van der Waals surface area contributed by atoms with E-state index >= 15 is 0 Å². The number of hydrogen-bond acceptors (Lipinski definition) is 4. The molecule has 2 aliphatic carbocycles. The van der Waals surface area contributed by atoms with Crippen LogP contribution in [0.1, 0.15) is 6.42 Å². The molecule has 1 heterocycles. The molecule has 1 aromatic rings. The van der Waals surface area contributed by atoms with Crippen LogP contribution in [0.4, 0.5) is 5.69 Å². The van der Waals surface area contributed by atoms with Crippen LogP contribution in [0, 0.1) is 23.7 Å². The van der Waals surface area contributed by atoms with Gasteiger partial charge in [0, 0.05) is 6.07 Å². The van der Waals surface area contributed by atoms with E-state index in [-0.39, 0.29) is 35.5 Å². The smallest absolute Gasteiger partial charge is 0.238 e. The summed E-state index contributed by atoms with van der Waals surface area (Å²) in [5, 5.41) is 0. The zero-order chi connectivity index (χ0) is 15.4. The van der Waals surface area contributed by atoms with Crippen molar-refractivity contribution in [1.29, 1.82) is 0 Å². The van der Waals surface area contributed by atoms with Gasteiger partial charge in [-0.2, -0.15) is 0 Å². The highest BCUT2D eigenvalue weighted by atomic mass is 16.5. The van der Waals surface area contributed by atoms with E-state index in [0.717, 1.165) is 6.42 Å². The third-order valence-electron chi connectivity index (χ3n) is 5.10. The maximum absolute atomic E-state index is 12.8. The standard InChI is InChI=1S/C17H17NO4/c1-21-11-5-6-12(13(8-11)22-2)18-16(19)14-9-3-4-10(7-9)15(14)17(18)20/h3-6,8-10,14-15H,7H2,1-2H3/t9-,10+,14-,15-/m0/s1. The average molecular weight is 299 g/mol. The van der Waals surface area contributed by atoms with Crippen LogP contribution in [0.2, 0.25) is 0 Å². The zero-order valence-electron chi connectivity index (χ0n) is 12.5. The van der Waals surface area contributed by atoms with Crippen molar-refractivity contribution in [2.75, 3.05) is 19.1 Å². The summed E-state index contributed by atoms with van der Waals surface area (Å²) in [6.45, 7) is 0. The van der Waals surface area contributed by atoms with Crippen LogP contribution in [-0.4, -0.2) is 26.0 Å². The van der Waals surface area contributed by atoms with Crippen molar-refractivity contribution in [2.24, 2.45) is 23.7 Å². The topological polar surface area (TPSA) is 55.8 Å². The van der Waals surface area contributed by atoms with Gasteiger partial charge < -0.3 is 9.47 Å². The SMILES string of the molecule is COc1ccc(N2C(=O)[C@@H]3[C@@H](C2=O)[C@H]2C=C[C@@H]3C2)c(OC)c1. The molecule has 4 rings (SSSR count).